The third kappa shape index (κ3) is 3.59. The molecular weight excluding hydrogens is 266 g/mol. The highest BCUT2D eigenvalue weighted by Crippen LogP contribution is 2.20. The lowest BCUT2D eigenvalue weighted by molar-refractivity contribution is 0.262. The first kappa shape index (κ1) is 13.2. The number of hydrogen-bond acceptors (Lipinski definition) is 3. The summed E-state index contributed by atoms with van der Waals surface area (Å²) in [6.07, 6.45) is 1.57. The van der Waals surface area contributed by atoms with Crippen LogP contribution in [0.2, 0.25) is 5.02 Å². The number of halogens is 1. The predicted molar refractivity (Wildman–Crippen MR) is 74.9 cm³/mol. The minimum atomic E-state index is -0.403. The topological polar surface area (TPSA) is 63.2 Å². The summed E-state index contributed by atoms with van der Waals surface area (Å²) in [6.45, 7) is 0. The van der Waals surface area contributed by atoms with Crippen molar-refractivity contribution >= 4 is 29.1 Å². The molecule has 0 radical (unpaired) electrons. The molecule has 19 heavy (non-hydrogen) atoms. The summed E-state index contributed by atoms with van der Waals surface area (Å²) in [4.78, 5) is 15.8. The number of pyridine rings is 1. The van der Waals surface area contributed by atoms with Crippen molar-refractivity contribution in [3.63, 3.8) is 0 Å². The maximum absolute atomic E-state index is 11.8. The van der Waals surface area contributed by atoms with Crippen molar-refractivity contribution in [1.29, 1.82) is 0 Å². The second-order valence-electron chi connectivity index (χ2n) is 3.64. The normalized spacial score (nSPS) is 9.79. The van der Waals surface area contributed by atoms with E-state index in [0.717, 1.165) is 0 Å². The van der Waals surface area contributed by atoms with Gasteiger partial charge in [0.2, 0.25) is 0 Å². The molecule has 2 rings (SSSR count). The van der Waals surface area contributed by atoms with E-state index in [1.807, 2.05) is 0 Å². The molecule has 2 aromatic rings. The van der Waals surface area contributed by atoms with Crippen LogP contribution in [0.15, 0.2) is 42.6 Å². The zero-order chi connectivity index (χ0) is 13.7. The second kappa shape index (κ2) is 6.06. The molecule has 1 aromatic heterocycles. The molecule has 0 aliphatic carbocycles. The summed E-state index contributed by atoms with van der Waals surface area (Å²) in [5, 5.41) is 5.88. The molecule has 1 heterocycles. The van der Waals surface area contributed by atoms with Crippen molar-refractivity contribution in [2.45, 2.75) is 0 Å². The Balaban J connectivity index is 2.03. The number of urea groups is 1. The van der Waals surface area contributed by atoms with Crippen LogP contribution in [0.1, 0.15) is 0 Å². The van der Waals surface area contributed by atoms with Gasteiger partial charge in [-0.2, -0.15) is 0 Å². The number of hydrogen-bond donors (Lipinski definition) is 2. The Morgan fingerprint density at radius 1 is 1.21 bits per heavy atom. The Morgan fingerprint density at radius 2 is 1.95 bits per heavy atom. The maximum atomic E-state index is 11.8. The number of carbonyl (C=O) groups excluding carboxylic acids is 1. The van der Waals surface area contributed by atoms with Gasteiger partial charge in [-0.25, -0.2) is 9.78 Å². The fourth-order valence-electron chi connectivity index (χ4n) is 1.45. The van der Waals surface area contributed by atoms with E-state index < -0.39 is 6.03 Å². The van der Waals surface area contributed by atoms with Crippen LogP contribution in [-0.4, -0.2) is 18.1 Å². The van der Waals surface area contributed by atoms with Gasteiger partial charge >= 0.3 is 6.03 Å². The van der Waals surface area contributed by atoms with Gasteiger partial charge in [-0.15, -0.1) is 0 Å². The molecule has 2 N–H and O–H groups in total. The average Bonchev–Trinajstić information content (AvgIpc) is 2.42. The molecule has 0 aliphatic rings. The van der Waals surface area contributed by atoms with Crippen LogP contribution in [0.4, 0.5) is 16.3 Å². The summed E-state index contributed by atoms with van der Waals surface area (Å²) in [6, 6.07) is 9.83. The molecule has 0 saturated carbocycles. The van der Waals surface area contributed by atoms with Gasteiger partial charge in [0.15, 0.2) is 11.6 Å². The fourth-order valence-corrected chi connectivity index (χ4v) is 1.58. The smallest absolute Gasteiger partial charge is 0.324 e. The van der Waals surface area contributed by atoms with Crippen molar-refractivity contribution in [3.05, 3.63) is 47.6 Å². The van der Waals surface area contributed by atoms with Crippen LogP contribution in [0.3, 0.4) is 0 Å². The molecule has 98 valence electrons. The SMILES string of the molecule is COc1cccnc1NC(=O)Nc1ccc(Cl)cc1. The van der Waals surface area contributed by atoms with E-state index in [4.69, 9.17) is 16.3 Å². The Hall–Kier alpha value is -2.27. The highest BCUT2D eigenvalue weighted by Gasteiger charge is 2.08. The molecule has 0 aliphatic heterocycles. The van der Waals surface area contributed by atoms with E-state index in [-0.39, 0.29) is 0 Å². The largest absolute Gasteiger partial charge is 0.493 e. The van der Waals surface area contributed by atoms with Crippen LogP contribution in [0, 0.1) is 0 Å². The van der Waals surface area contributed by atoms with Crippen molar-refractivity contribution in [1.82, 2.24) is 4.98 Å². The van der Waals surface area contributed by atoms with Gasteiger partial charge in [-0.05, 0) is 36.4 Å². The number of anilines is 2. The van der Waals surface area contributed by atoms with Gasteiger partial charge < -0.3 is 10.1 Å². The summed E-state index contributed by atoms with van der Waals surface area (Å²) < 4.78 is 5.09. The molecule has 2 amide bonds. The molecule has 0 spiro atoms. The predicted octanol–water partition coefficient (Wildman–Crippen LogP) is 3.39. The second-order valence-corrected chi connectivity index (χ2v) is 4.08. The van der Waals surface area contributed by atoms with Gasteiger partial charge in [0, 0.05) is 16.9 Å². The van der Waals surface area contributed by atoms with Crippen LogP contribution < -0.4 is 15.4 Å². The third-order valence-electron chi connectivity index (χ3n) is 2.32. The number of ether oxygens (including phenoxy) is 1. The molecule has 1 aromatic carbocycles. The molecular formula is C13H12ClN3O2. The molecule has 0 bridgehead atoms. The van der Waals surface area contributed by atoms with Crippen molar-refractivity contribution < 1.29 is 9.53 Å². The van der Waals surface area contributed by atoms with Gasteiger partial charge in [0.1, 0.15) is 0 Å². The van der Waals surface area contributed by atoms with Gasteiger partial charge in [-0.1, -0.05) is 11.6 Å². The molecule has 6 heteroatoms. The molecule has 0 unspecified atom stereocenters. The number of rotatable bonds is 3. The van der Waals surface area contributed by atoms with Crippen molar-refractivity contribution in [2.24, 2.45) is 0 Å². The van der Waals surface area contributed by atoms with Gasteiger partial charge in [-0.3, -0.25) is 5.32 Å². The average molecular weight is 278 g/mol. The van der Waals surface area contributed by atoms with E-state index >= 15 is 0 Å². The zero-order valence-corrected chi connectivity index (χ0v) is 10.9. The van der Waals surface area contributed by atoms with E-state index in [9.17, 15) is 4.79 Å². The maximum Gasteiger partial charge on any atom is 0.324 e. The number of nitrogens with one attached hydrogen (secondary N) is 2. The number of benzene rings is 1. The standard InChI is InChI=1S/C13H12ClN3O2/c1-19-11-3-2-8-15-12(11)17-13(18)16-10-6-4-9(14)5-7-10/h2-8H,1H3,(H2,15,16,17,18). The Labute approximate surface area is 115 Å². The minimum absolute atomic E-state index is 0.358. The van der Waals surface area contributed by atoms with Crippen molar-refractivity contribution in [2.75, 3.05) is 17.7 Å². The van der Waals surface area contributed by atoms with Crippen molar-refractivity contribution in [3.8, 4) is 5.75 Å². The highest BCUT2D eigenvalue weighted by atomic mass is 35.5. The first-order valence-corrected chi connectivity index (χ1v) is 5.89. The summed E-state index contributed by atoms with van der Waals surface area (Å²) in [5.41, 5.74) is 0.636. The number of nitrogens with zero attached hydrogens (tertiary/aromatic N) is 1. The Bertz CT molecular complexity index is 572. The van der Waals surface area contributed by atoms with E-state index in [1.165, 1.54) is 7.11 Å². The molecule has 0 saturated heterocycles. The Morgan fingerprint density at radius 3 is 2.63 bits per heavy atom. The Kier molecular flexibility index (Phi) is 4.20. The van der Waals surface area contributed by atoms with Crippen LogP contribution in [-0.2, 0) is 0 Å². The van der Waals surface area contributed by atoms with E-state index in [0.29, 0.717) is 22.3 Å². The van der Waals surface area contributed by atoms with Crippen LogP contribution in [0.5, 0.6) is 5.75 Å². The first-order valence-electron chi connectivity index (χ1n) is 5.51. The van der Waals surface area contributed by atoms with Gasteiger partial charge in [0.25, 0.3) is 0 Å². The zero-order valence-electron chi connectivity index (χ0n) is 10.2. The van der Waals surface area contributed by atoms with Crippen LogP contribution >= 0.6 is 11.6 Å². The lowest BCUT2D eigenvalue weighted by Gasteiger charge is -2.09. The highest BCUT2D eigenvalue weighted by molar-refractivity contribution is 6.30. The number of amides is 2. The quantitative estimate of drug-likeness (QED) is 0.904. The third-order valence-corrected chi connectivity index (χ3v) is 2.58. The first-order chi connectivity index (χ1) is 9.19. The number of aromatic nitrogens is 1. The monoisotopic (exact) mass is 277 g/mol. The molecule has 0 atom stereocenters. The lowest BCUT2D eigenvalue weighted by atomic mass is 10.3. The molecule has 0 fully saturated rings. The summed E-state index contributed by atoms with van der Waals surface area (Å²) in [7, 11) is 1.51. The minimum Gasteiger partial charge on any atom is -0.493 e. The van der Waals surface area contributed by atoms with E-state index in [2.05, 4.69) is 15.6 Å². The summed E-state index contributed by atoms with van der Waals surface area (Å²) in [5.74, 6) is 0.852. The van der Waals surface area contributed by atoms with Gasteiger partial charge in [0.05, 0.1) is 7.11 Å². The fraction of sp³-hybridized carbons (Fsp3) is 0.0769. The number of carbonyl (C=O) groups is 1. The van der Waals surface area contributed by atoms with E-state index in [1.54, 1.807) is 42.6 Å². The summed E-state index contributed by atoms with van der Waals surface area (Å²) >= 11 is 5.76. The molecule has 5 nitrogen and oxygen atoms in total. The number of methoxy groups -OCH3 is 1. The van der Waals surface area contributed by atoms with Crippen LogP contribution in [0.25, 0.3) is 0 Å². The lowest BCUT2D eigenvalue weighted by Crippen LogP contribution is -2.20.